The SMILES string of the molecule is CC1CCN(CC2(C=O)CCOC2)C(C)C1. The van der Waals surface area contributed by atoms with Gasteiger partial charge in [0.15, 0.2) is 0 Å². The molecule has 2 saturated heterocycles. The third-order valence-electron chi connectivity index (χ3n) is 4.18. The lowest BCUT2D eigenvalue weighted by Crippen LogP contribution is -2.47. The topological polar surface area (TPSA) is 29.5 Å². The van der Waals surface area contributed by atoms with Gasteiger partial charge in [0, 0.05) is 19.2 Å². The molecule has 0 saturated carbocycles. The highest BCUT2D eigenvalue weighted by atomic mass is 16.5. The Bertz CT molecular complexity index is 248. The summed E-state index contributed by atoms with van der Waals surface area (Å²) in [7, 11) is 0. The van der Waals surface area contributed by atoms with Crippen molar-refractivity contribution in [3.63, 3.8) is 0 Å². The molecule has 2 aliphatic heterocycles. The van der Waals surface area contributed by atoms with Crippen LogP contribution in [0.1, 0.15) is 33.1 Å². The molecule has 3 atom stereocenters. The molecule has 92 valence electrons. The van der Waals surface area contributed by atoms with Gasteiger partial charge in [-0.25, -0.2) is 0 Å². The van der Waals surface area contributed by atoms with Crippen molar-refractivity contribution in [2.75, 3.05) is 26.3 Å². The predicted molar refractivity (Wildman–Crippen MR) is 63.4 cm³/mol. The first-order chi connectivity index (χ1) is 7.65. The van der Waals surface area contributed by atoms with Gasteiger partial charge < -0.3 is 9.53 Å². The molecule has 0 aromatic rings. The van der Waals surface area contributed by atoms with Gasteiger partial charge in [0.2, 0.25) is 0 Å². The van der Waals surface area contributed by atoms with Crippen molar-refractivity contribution in [2.45, 2.75) is 39.2 Å². The number of hydrogen-bond acceptors (Lipinski definition) is 3. The highest BCUT2D eigenvalue weighted by molar-refractivity contribution is 5.60. The standard InChI is InChI=1S/C13H23NO2/c1-11-3-5-14(12(2)7-11)8-13(9-15)4-6-16-10-13/h9,11-12H,3-8,10H2,1-2H3. The van der Waals surface area contributed by atoms with Crippen LogP contribution in [-0.2, 0) is 9.53 Å². The lowest BCUT2D eigenvalue weighted by molar-refractivity contribution is -0.118. The number of piperidine rings is 1. The normalized spacial score (nSPS) is 41.1. The maximum atomic E-state index is 11.3. The summed E-state index contributed by atoms with van der Waals surface area (Å²) in [5.74, 6) is 0.832. The maximum absolute atomic E-state index is 11.3. The van der Waals surface area contributed by atoms with E-state index in [2.05, 4.69) is 18.7 Å². The molecule has 3 unspecified atom stereocenters. The van der Waals surface area contributed by atoms with Crippen molar-refractivity contribution in [1.29, 1.82) is 0 Å². The van der Waals surface area contributed by atoms with E-state index in [-0.39, 0.29) is 5.41 Å². The number of hydrogen-bond donors (Lipinski definition) is 0. The average Bonchev–Trinajstić information content (AvgIpc) is 2.72. The third kappa shape index (κ3) is 2.46. The maximum Gasteiger partial charge on any atom is 0.129 e. The number of rotatable bonds is 3. The predicted octanol–water partition coefficient (Wildman–Crippen LogP) is 1.71. The van der Waals surface area contributed by atoms with Gasteiger partial charge in [-0.05, 0) is 38.6 Å². The van der Waals surface area contributed by atoms with Crippen LogP contribution in [0.5, 0.6) is 0 Å². The summed E-state index contributed by atoms with van der Waals surface area (Å²) in [5, 5.41) is 0. The molecule has 0 aliphatic carbocycles. The van der Waals surface area contributed by atoms with Crippen LogP contribution in [-0.4, -0.2) is 43.5 Å². The molecule has 0 radical (unpaired) electrons. The van der Waals surface area contributed by atoms with Crippen LogP contribution in [0.4, 0.5) is 0 Å². The number of nitrogens with zero attached hydrogens (tertiary/aromatic N) is 1. The van der Waals surface area contributed by atoms with Crippen LogP contribution in [0.2, 0.25) is 0 Å². The monoisotopic (exact) mass is 225 g/mol. The summed E-state index contributed by atoms with van der Waals surface area (Å²) in [4.78, 5) is 13.7. The van der Waals surface area contributed by atoms with Gasteiger partial charge in [-0.1, -0.05) is 6.92 Å². The smallest absolute Gasteiger partial charge is 0.129 e. The van der Waals surface area contributed by atoms with Crippen LogP contribution in [0.15, 0.2) is 0 Å². The van der Waals surface area contributed by atoms with Gasteiger partial charge in [0.25, 0.3) is 0 Å². The van der Waals surface area contributed by atoms with E-state index in [1.165, 1.54) is 12.8 Å². The van der Waals surface area contributed by atoms with Gasteiger partial charge >= 0.3 is 0 Å². The Labute approximate surface area is 98.1 Å². The van der Waals surface area contributed by atoms with E-state index in [0.29, 0.717) is 12.6 Å². The largest absolute Gasteiger partial charge is 0.380 e. The van der Waals surface area contributed by atoms with Crippen molar-refractivity contribution in [2.24, 2.45) is 11.3 Å². The van der Waals surface area contributed by atoms with Gasteiger partial charge in [-0.3, -0.25) is 4.90 Å². The van der Waals surface area contributed by atoms with E-state index in [0.717, 1.165) is 38.3 Å². The molecule has 0 N–H and O–H groups in total. The van der Waals surface area contributed by atoms with Crippen molar-refractivity contribution in [3.05, 3.63) is 0 Å². The van der Waals surface area contributed by atoms with Gasteiger partial charge in [-0.2, -0.15) is 0 Å². The Kier molecular flexibility index (Phi) is 3.65. The first kappa shape index (κ1) is 12.1. The number of carbonyl (C=O) groups is 1. The third-order valence-corrected chi connectivity index (χ3v) is 4.18. The lowest BCUT2D eigenvalue weighted by atomic mass is 9.85. The molecule has 3 heteroatoms. The second kappa shape index (κ2) is 4.84. The summed E-state index contributed by atoms with van der Waals surface area (Å²) < 4.78 is 5.39. The van der Waals surface area contributed by atoms with Gasteiger partial charge in [-0.15, -0.1) is 0 Å². The van der Waals surface area contributed by atoms with Crippen LogP contribution < -0.4 is 0 Å². The zero-order valence-electron chi connectivity index (χ0n) is 10.4. The minimum atomic E-state index is -0.213. The quantitative estimate of drug-likeness (QED) is 0.685. The van der Waals surface area contributed by atoms with E-state index in [1.807, 2.05) is 0 Å². The second-order valence-electron chi connectivity index (χ2n) is 5.73. The molecule has 0 aromatic carbocycles. The highest BCUT2D eigenvalue weighted by Crippen LogP contribution is 2.31. The molecule has 0 bridgehead atoms. The van der Waals surface area contributed by atoms with Crippen molar-refractivity contribution >= 4 is 6.29 Å². The fourth-order valence-corrected chi connectivity index (χ4v) is 2.97. The zero-order valence-corrected chi connectivity index (χ0v) is 10.4. The first-order valence-electron chi connectivity index (χ1n) is 6.43. The second-order valence-corrected chi connectivity index (χ2v) is 5.73. The minimum absolute atomic E-state index is 0.213. The molecule has 2 rings (SSSR count). The summed E-state index contributed by atoms with van der Waals surface area (Å²) in [6, 6.07) is 0.612. The van der Waals surface area contributed by atoms with E-state index >= 15 is 0 Å². The Balaban J connectivity index is 1.95. The Morgan fingerprint density at radius 2 is 2.31 bits per heavy atom. The molecule has 2 fully saturated rings. The summed E-state index contributed by atoms with van der Waals surface area (Å²) in [5.41, 5.74) is -0.213. The number of ether oxygens (including phenoxy) is 1. The van der Waals surface area contributed by atoms with Crippen LogP contribution in [0, 0.1) is 11.3 Å². The van der Waals surface area contributed by atoms with E-state index in [1.54, 1.807) is 0 Å². The number of carbonyl (C=O) groups excluding carboxylic acids is 1. The average molecular weight is 225 g/mol. The summed E-state index contributed by atoms with van der Waals surface area (Å²) >= 11 is 0. The minimum Gasteiger partial charge on any atom is -0.380 e. The molecular formula is C13H23NO2. The molecule has 3 nitrogen and oxygen atoms in total. The fraction of sp³-hybridized carbons (Fsp3) is 0.923. The van der Waals surface area contributed by atoms with Crippen molar-refractivity contribution in [1.82, 2.24) is 4.90 Å². The Hall–Kier alpha value is -0.410. The molecule has 0 amide bonds. The van der Waals surface area contributed by atoms with Crippen LogP contribution in [0.3, 0.4) is 0 Å². The summed E-state index contributed by atoms with van der Waals surface area (Å²) in [6.45, 7) is 8.00. The number of likely N-dealkylation sites (tertiary alicyclic amines) is 1. The Morgan fingerprint density at radius 3 is 2.88 bits per heavy atom. The molecule has 0 aromatic heterocycles. The van der Waals surface area contributed by atoms with E-state index in [4.69, 9.17) is 4.74 Å². The van der Waals surface area contributed by atoms with Gasteiger partial charge in [0.05, 0.1) is 12.0 Å². The summed E-state index contributed by atoms with van der Waals surface area (Å²) in [6.07, 6.45) is 4.55. The lowest BCUT2D eigenvalue weighted by Gasteiger charge is -2.40. The van der Waals surface area contributed by atoms with Crippen molar-refractivity contribution in [3.8, 4) is 0 Å². The number of aldehydes is 1. The molecule has 2 heterocycles. The zero-order chi connectivity index (χ0) is 11.6. The van der Waals surface area contributed by atoms with Crippen LogP contribution in [0.25, 0.3) is 0 Å². The highest BCUT2D eigenvalue weighted by Gasteiger charge is 2.38. The fourth-order valence-electron chi connectivity index (χ4n) is 2.97. The molecule has 0 spiro atoms. The molecule has 16 heavy (non-hydrogen) atoms. The van der Waals surface area contributed by atoms with E-state index < -0.39 is 0 Å². The first-order valence-corrected chi connectivity index (χ1v) is 6.43. The van der Waals surface area contributed by atoms with Crippen LogP contribution >= 0.6 is 0 Å². The van der Waals surface area contributed by atoms with E-state index in [9.17, 15) is 4.79 Å². The Morgan fingerprint density at radius 1 is 1.50 bits per heavy atom. The molecule has 2 aliphatic rings. The van der Waals surface area contributed by atoms with Crippen molar-refractivity contribution < 1.29 is 9.53 Å². The molecular weight excluding hydrogens is 202 g/mol. The van der Waals surface area contributed by atoms with Gasteiger partial charge in [0.1, 0.15) is 6.29 Å².